The van der Waals surface area contributed by atoms with Crippen molar-refractivity contribution in [3.63, 3.8) is 0 Å². The number of para-hydroxylation sites is 1. The van der Waals surface area contributed by atoms with E-state index in [-0.39, 0.29) is 0 Å². The molecule has 0 unspecified atom stereocenters. The number of nitrogens with zero attached hydrogens (tertiary/aromatic N) is 1. The molecule has 0 bridgehead atoms. The van der Waals surface area contributed by atoms with E-state index in [1.54, 1.807) is 0 Å². The predicted octanol–water partition coefficient (Wildman–Crippen LogP) is 5.56. The summed E-state index contributed by atoms with van der Waals surface area (Å²) >= 11 is -1.10. The molecule has 0 radical (unpaired) electrons. The van der Waals surface area contributed by atoms with Crippen molar-refractivity contribution in [2.45, 2.75) is 18.0 Å². The Morgan fingerprint density at radius 1 is 0.920 bits per heavy atom. The monoisotopic (exact) mass is 342 g/mol. The van der Waals surface area contributed by atoms with Crippen LogP contribution in [0.4, 0.5) is 11.4 Å². The number of anilines is 1. The molecular weight excluding hydrogens is 319 g/mol. The molecule has 0 fully saturated rings. The van der Waals surface area contributed by atoms with Crippen LogP contribution in [-0.2, 0) is 5.28 Å². The molecule has 0 saturated heterocycles. The molecule has 25 heavy (non-hydrogen) atoms. The third-order valence-corrected chi connectivity index (χ3v) is 6.00. The van der Waals surface area contributed by atoms with Crippen LogP contribution in [0.5, 0.6) is 0 Å². The molecule has 2 nitrogen and oxygen atoms in total. The largest absolute Gasteiger partial charge is 0.476 e. The zero-order valence-electron chi connectivity index (χ0n) is 14.8. The third-order valence-electron chi connectivity index (χ3n) is 4.12. The van der Waals surface area contributed by atoms with Gasteiger partial charge in [-0.25, -0.2) is 0 Å². The Hall–Kier alpha value is -2.34. The van der Waals surface area contributed by atoms with Gasteiger partial charge in [0.05, 0.1) is 5.69 Å². The standard InChI is InChI=1S/C15H14N.C6H6N.CH3.Al/c1-12-6-5-9-15(10-12)16-11-14-8-4-3-7-13(14)2;7-6-4-2-1-3-5-6;;/h3-11H,2H2,1H3;1-5,7H;1H3;/q;-1;;+1. The van der Waals surface area contributed by atoms with E-state index in [0.717, 1.165) is 11.0 Å². The second-order valence-electron chi connectivity index (χ2n) is 6.41. The van der Waals surface area contributed by atoms with Gasteiger partial charge in [-0.1, -0.05) is 65.9 Å². The summed E-state index contributed by atoms with van der Waals surface area (Å²) in [6, 6.07) is 27.3. The molecule has 0 heterocycles. The zero-order chi connectivity index (χ0) is 17.5. The van der Waals surface area contributed by atoms with E-state index in [9.17, 15) is 0 Å². The number of hydrogen-bond acceptors (Lipinski definition) is 2. The van der Waals surface area contributed by atoms with Gasteiger partial charge in [0.25, 0.3) is 0 Å². The SMILES string of the molecule is Cc1cccc(N=Cc2ccccc2[CH2][Al]([CH3])[NH]c2ccccc2)c1. The van der Waals surface area contributed by atoms with E-state index in [1.807, 2.05) is 18.3 Å². The second-order valence-corrected chi connectivity index (χ2v) is 8.91. The lowest BCUT2D eigenvalue weighted by Gasteiger charge is -2.12. The number of nitrogens with one attached hydrogen (secondary N) is 1. The van der Waals surface area contributed by atoms with Gasteiger partial charge >= 0.3 is 14.4 Å². The third kappa shape index (κ3) is 5.32. The Kier molecular flexibility index (Phi) is 6.06. The highest BCUT2D eigenvalue weighted by Gasteiger charge is 2.14. The molecule has 0 spiro atoms. The van der Waals surface area contributed by atoms with Crippen molar-refractivity contribution in [2.75, 3.05) is 4.30 Å². The van der Waals surface area contributed by atoms with Crippen molar-refractivity contribution in [3.05, 3.63) is 95.6 Å². The predicted molar refractivity (Wildman–Crippen MR) is 110 cm³/mol. The van der Waals surface area contributed by atoms with Crippen molar-refractivity contribution in [2.24, 2.45) is 4.99 Å². The first-order valence-electron chi connectivity index (χ1n) is 8.71. The summed E-state index contributed by atoms with van der Waals surface area (Å²) in [7, 11) is 0. The van der Waals surface area contributed by atoms with Gasteiger partial charge in [-0.2, -0.15) is 0 Å². The van der Waals surface area contributed by atoms with Crippen LogP contribution >= 0.6 is 0 Å². The van der Waals surface area contributed by atoms with Crippen molar-refractivity contribution >= 4 is 32.0 Å². The maximum atomic E-state index is 4.66. The summed E-state index contributed by atoms with van der Waals surface area (Å²) in [5, 5.41) is 1.09. The maximum absolute atomic E-state index is 4.66. The number of hydrogen-bond donors (Lipinski definition) is 1. The minimum atomic E-state index is -1.10. The lowest BCUT2D eigenvalue weighted by molar-refractivity contribution is 1.33. The van der Waals surface area contributed by atoms with E-state index in [0.29, 0.717) is 0 Å². The molecule has 3 aromatic rings. The summed E-state index contributed by atoms with van der Waals surface area (Å²) in [6.07, 6.45) is 1.99. The molecule has 0 saturated carbocycles. The molecule has 0 aromatic heterocycles. The minimum absolute atomic E-state index is 1.00. The van der Waals surface area contributed by atoms with Gasteiger partial charge < -0.3 is 4.30 Å². The Labute approximate surface area is 154 Å². The molecule has 0 atom stereocenters. The molecule has 0 aliphatic rings. The normalized spacial score (nSPS) is 10.8. The Morgan fingerprint density at radius 3 is 2.48 bits per heavy atom. The van der Waals surface area contributed by atoms with E-state index < -0.39 is 14.4 Å². The zero-order valence-corrected chi connectivity index (χ0v) is 16.0. The van der Waals surface area contributed by atoms with Crippen molar-refractivity contribution in [1.29, 1.82) is 0 Å². The summed E-state index contributed by atoms with van der Waals surface area (Å²) in [4.78, 5) is 4.66. The molecule has 1 N–H and O–H groups in total. The van der Waals surface area contributed by atoms with Crippen molar-refractivity contribution < 1.29 is 0 Å². The highest BCUT2D eigenvalue weighted by Crippen LogP contribution is 2.16. The minimum Gasteiger partial charge on any atom is -0.476 e. The summed E-state index contributed by atoms with van der Waals surface area (Å²) in [6.45, 7) is 2.09. The lowest BCUT2D eigenvalue weighted by Crippen LogP contribution is -2.24. The van der Waals surface area contributed by atoms with Gasteiger partial charge in [-0.15, -0.1) is 0 Å². The van der Waals surface area contributed by atoms with Gasteiger partial charge in [0.15, 0.2) is 0 Å². The molecule has 0 aliphatic heterocycles. The van der Waals surface area contributed by atoms with Crippen molar-refractivity contribution in [3.8, 4) is 0 Å². The molecule has 3 aromatic carbocycles. The number of aliphatic imine (C=N–C) groups is 1. The average molecular weight is 342 g/mol. The van der Waals surface area contributed by atoms with Gasteiger partial charge in [0.2, 0.25) is 0 Å². The van der Waals surface area contributed by atoms with Crippen LogP contribution in [-0.4, -0.2) is 20.6 Å². The summed E-state index contributed by atoms with van der Waals surface area (Å²) < 4.78 is 3.69. The highest BCUT2D eigenvalue weighted by molar-refractivity contribution is 6.60. The summed E-state index contributed by atoms with van der Waals surface area (Å²) in [5.41, 5.74) is 6.02. The van der Waals surface area contributed by atoms with E-state index >= 15 is 0 Å². The van der Waals surface area contributed by atoms with Crippen LogP contribution in [0.3, 0.4) is 0 Å². The van der Waals surface area contributed by atoms with Crippen LogP contribution in [0.15, 0.2) is 83.9 Å². The van der Waals surface area contributed by atoms with E-state index in [4.69, 9.17) is 0 Å². The topological polar surface area (TPSA) is 24.4 Å². The van der Waals surface area contributed by atoms with Gasteiger partial charge in [-0.05, 0) is 47.6 Å². The average Bonchev–Trinajstić information content (AvgIpc) is 2.62. The quantitative estimate of drug-likeness (QED) is 0.460. The maximum Gasteiger partial charge on any atom is 0.412 e. The van der Waals surface area contributed by atoms with Gasteiger partial charge in [0, 0.05) is 11.9 Å². The molecule has 0 aliphatic carbocycles. The molecular formula is C22H23AlN2. The van der Waals surface area contributed by atoms with Crippen LogP contribution in [0.2, 0.25) is 5.79 Å². The van der Waals surface area contributed by atoms with Crippen LogP contribution in [0.1, 0.15) is 16.7 Å². The van der Waals surface area contributed by atoms with Gasteiger partial charge in [0.1, 0.15) is 0 Å². The number of aryl methyl sites for hydroxylation is 1. The Balaban J connectivity index is 1.72. The highest BCUT2D eigenvalue weighted by atomic mass is 27.2. The van der Waals surface area contributed by atoms with E-state index in [2.05, 4.69) is 88.7 Å². The smallest absolute Gasteiger partial charge is 0.412 e. The second kappa shape index (κ2) is 8.67. The number of rotatable bonds is 6. The Morgan fingerprint density at radius 2 is 1.68 bits per heavy atom. The van der Waals surface area contributed by atoms with E-state index in [1.165, 1.54) is 22.4 Å². The molecule has 3 heteroatoms. The van der Waals surface area contributed by atoms with Crippen LogP contribution in [0, 0.1) is 6.92 Å². The van der Waals surface area contributed by atoms with Crippen LogP contribution in [0.25, 0.3) is 0 Å². The molecule has 124 valence electrons. The number of benzene rings is 3. The first-order valence-corrected chi connectivity index (χ1v) is 11.3. The van der Waals surface area contributed by atoms with Crippen molar-refractivity contribution in [1.82, 2.24) is 0 Å². The fourth-order valence-corrected chi connectivity index (χ4v) is 4.79. The summed E-state index contributed by atoms with van der Waals surface area (Å²) in [5.74, 6) is 2.35. The van der Waals surface area contributed by atoms with Gasteiger partial charge in [-0.3, -0.25) is 4.99 Å². The first kappa shape index (κ1) is 17.5. The fourth-order valence-electron chi connectivity index (χ4n) is 2.90. The lowest BCUT2D eigenvalue weighted by atomic mass is 10.1. The Bertz CT molecular complexity index is 843. The fraction of sp³-hybridized carbons (Fsp3) is 0.136. The van der Waals surface area contributed by atoms with Crippen LogP contribution < -0.4 is 4.30 Å². The molecule has 3 rings (SSSR count). The first-order chi connectivity index (χ1) is 12.2. The molecule has 0 amide bonds.